The van der Waals surface area contributed by atoms with Crippen LogP contribution in [0.1, 0.15) is 17.5 Å². The van der Waals surface area contributed by atoms with Gasteiger partial charge in [0.2, 0.25) is 11.8 Å². The van der Waals surface area contributed by atoms with Crippen LogP contribution in [-0.4, -0.2) is 48.8 Å². The molecule has 2 aromatic rings. The van der Waals surface area contributed by atoms with Gasteiger partial charge in [0.05, 0.1) is 6.42 Å². The smallest absolute Gasteiger partial charge is 0.226 e. The van der Waals surface area contributed by atoms with E-state index in [4.69, 9.17) is 4.74 Å². The van der Waals surface area contributed by atoms with Gasteiger partial charge in [-0.2, -0.15) is 0 Å². The second-order valence-corrected chi connectivity index (χ2v) is 7.18. The minimum Gasteiger partial charge on any atom is -0.489 e. The van der Waals surface area contributed by atoms with Crippen LogP contribution < -0.4 is 4.74 Å². The lowest BCUT2D eigenvalue weighted by atomic mass is 10.1. The highest BCUT2D eigenvalue weighted by Crippen LogP contribution is 2.22. The predicted molar refractivity (Wildman–Crippen MR) is 104 cm³/mol. The molecular formula is C22H26N2O3. The summed E-state index contributed by atoms with van der Waals surface area (Å²) < 4.78 is 5.94. The second-order valence-electron chi connectivity index (χ2n) is 7.18. The highest BCUT2D eigenvalue weighted by Gasteiger charge is 2.28. The van der Waals surface area contributed by atoms with Crippen LogP contribution in [0, 0.1) is 5.92 Å². The molecule has 142 valence electrons. The summed E-state index contributed by atoms with van der Waals surface area (Å²) in [6, 6.07) is 17.6. The van der Waals surface area contributed by atoms with E-state index in [9.17, 15) is 9.59 Å². The minimum absolute atomic E-state index is 0.0350. The van der Waals surface area contributed by atoms with E-state index in [2.05, 4.69) is 0 Å². The molecule has 0 spiro atoms. The van der Waals surface area contributed by atoms with Crippen LogP contribution in [0.5, 0.6) is 5.75 Å². The zero-order valence-electron chi connectivity index (χ0n) is 15.9. The molecule has 0 unspecified atom stereocenters. The lowest BCUT2D eigenvalue weighted by molar-refractivity contribution is -0.130. The Labute approximate surface area is 160 Å². The molecule has 0 bridgehead atoms. The fourth-order valence-corrected chi connectivity index (χ4v) is 3.39. The van der Waals surface area contributed by atoms with Crippen LogP contribution >= 0.6 is 0 Å². The summed E-state index contributed by atoms with van der Waals surface area (Å²) in [6.07, 6.45) is 0.808. The van der Waals surface area contributed by atoms with Gasteiger partial charge in [0.1, 0.15) is 12.4 Å². The fraction of sp³-hybridized carbons (Fsp3) is 0.364. The Balaban J connectivity index is 1.58. The summed E-state index contributed by atoms with van der Waals surface area (Å²) in [5, 5.41) is 0. The van der Waals surface area contributed by atoms with Crippen molar-refractivity contribution >= 4 is 11.8 Å². The molecule has 1 atom stereocenters. The van der Waals surface area contributed by atoms with E-state index in [0.717, 1.165) is 16.9 Å². The third-order valence-electron chi connectivity index (χ3n) is 4.93. The Morgan fingerprint density at radius 2 is 1.85 bits per heavy atom. The van der Waals surface area contributed by atoms with E-state index >= 15 is 0 Å². The number of ether oxygens (including phenoxy) is 1. The van der Waals surface area contributed by atoms with E-state index in [1.165, 1.54) is 0 Å². The summed E-state index contributed by atoms with van der Waals surface area (Å²) in [7, 11) is 3.61. The van der Waals surface area contributed by atoms with Crippen molar-refractivity contribution in [2.75, 3.05) is 27.2 Å². The summed E-state index contributed by atoms with van der Waals surface area (Å²) in [4.78, 5) is 27.8. The average molecular weight is 366 g/mol. The van der Waals surface area contributed by atoms with Crippen molar-refractivity contribution in [2.45, 2.75) is 19.4 Å². The number of rotatable bonds is 7. The van der Waals surface area contributed by atoms with Gasteiger partial charge >= 0.3 is 0 Å². The predicted octanol–water partition coefficient (Wildman–Crippen LogP) is 2.74. The highest BCUT2D eigenvalue weighted by molar-refractivity contribution is 5.80. The van der Waals surface area contributed by atoms with Gasteiger partial charge in [0.25, 0.3) is 0 Å². The Morgan fingerprint density at radius 1 is 1.15 bits per heavy atom. The van der Waals surface area contributed by atoms with Gasteiger partial charge < -0.3 is 14.5 Å². The van der Waals surface area contributed by atoms with E-state index in [1.807, 2.05) is 61.6 Å². The maximum Gasteiger partial charge on any atom is 0.226 e. The fourth-order valence-electron chi connectivity index (χ4n) is 3.39. The molecule has 1 aliphatic heterocycles. The number of amides is 2. The summed E-state index contributed by atoms with van der Waals surface area (Å²) in [5.74, 6) is 1.13. The molecule has 5 nitrogen and oxygen atoms in total. The number of carbonyl (C=O) groups is 2. The molecule has 0 aromatic heterocycles. The number of hydrogen-bond acceptors (Lipinski definition) is 3. The topological polar surface area (TPSA) is 49.9 Å². The second kappa shape index (κ2) is 8.71. The van der Waals surface area contributed by atoms with Gasteiger partial charge in [-0.25, -0.2) is 0 Å². The lowest BCUT2D eigenvalue weighted by Crippen LogP contribution is -2.33. The Bertz CT molecular complexity index is 791. The van der Waals surface area contributed by atoms with E-state index < -0.39 is 0 Å². The summed E-state index contributed by atoms with van der Waals surface area (Å²) in [5.41, 5.74) is 1.97. The first-order valence-corrected chi connectivity index (χ1v) is 9.25. The first-order chi connectivity index (χ1) is 13.0. The molecule has 1 heterocycles. The third kappa shape index (κ3) is 5.09. The largest absolute Gasteiger partial charge is 0.489 e. The van der Waals surface area contributed by atoms with Crippen molar-refractivity contribution in [1.29, 1.82) is 0 Å². The van der Waals surface area contributed by atoms with Gasteiger partial charge in [-0.15, -0.1) is 0 Å². The molecular weight excluding hydrogens is 340 g/mol. The molecule has 0 N–H and O–H groups in total. The normalized spacial score (nSPS) is 16.4. The van der Waals surface area contributed by atoms with Crippen molar-refractivity contribution in [1.82, 2.24) is 9.80 Å². The number of para-hydroxylation sites is 1. The lowest BCUT2D eigenvalue weighted by Gasteiger charge is -2.21. The average Bonchev–Trinajstić information content (AvgIpc) is 2.99. The monoisotopic (exact) mass is 366 g/mol. The molecule has 0 aliphatic carbocycles. The molecule has 2 amide bonds. The van der Waals surface area contributed by atoms with Crippen LogP contribution in [0.3, 0.4) is 0 Å². The molecule has 3 rings (SSSR count). The van der Waals surface area contributed by atoms with Gasteiger partial charge in [-0.05, 0) is 11.6 Å². The SMILES string of the molecule is CN(C[C@@H]1CC(=O)N(C)C1)C(=O)Cc1ccccc1OCc1ccccc1. The Kier molecular flexibility index (Phi) is 6.12. The first kappa shape index (κ1) is 19.0. The van der Waals surface area contributed by atoms with Crippen LogP contribution in [0.4, 0.5) is 0 Å². The molecule has 5 heteroatoms. The van der Waals surface area contributed by atoms with Crippen molar-refractivity contribution in [3.05, 3.63) is 65.7 Å². The molecule has 0 radical (unpaired) electrons. The summed E-state index contributed by atoms with van der Waals surface area (Å²) in [6.45, 7) is 1.79. The highest BCUT2D eigenvalue weighted by atomic mass is 16.5. The molecule has 0 saturated carbocycles. The Hall–Kier alpha value is -2.82. The van der Waals surface area contributed by atoms with E-state index in [-0.39, 0.29) is 24.2 Å². The maximum absolute atomic E-state index is 12.7. The number of nitrogens with zero attached hydrogens (tertiary/aromatic N) is 2. The van der Waals surface area contributed by atoms with E-state index in [1.54, 1.807) is 16.8 Å². The van der Waals surface area contributed by atoms with Crippen molar-refractivity contribution in [3.8, 4) is 5.75 Å². The maximum atomic E-state index is 12.7. The first-order valence-electron chi connectivity index (χ1n) is 9.25. The standard InChI is InChI=1S/C22H26N2O3/c1-23-14-18(12-21(23)25)15-24(2)22(26)13-19-10-6-7-11-20(19)27-16-17-8-4-3-5-9-17/h3-11,18H,12-16H2,1-2H3/t18-/m1/s1. The van der Waals surface area contributed by atoms with Gasteiger partial charge in [0.15, 0.2) is 0 Å². The number of hydrogen-bond donors (Lipinski definition) is 0. The van der Waals surface area contributed by atoms with Crippen LogP contribution in [0.2, 0.25) is 0 Å². The number of likely N-dealkylation sites (tertiary alicyclic amines) is 1. The minimum atomic E-state index is 0.0350. The van der Waals surface area contributed by atoms with Gasteiger partial charge in [-0.1, -0.05) is 48.5 Å². The Morgan fingerprint density at radius 3 is 2.56 bits per heavy atom. The van der Waals surface area contributed by atoms with Crippen molar-refractivity contribution < 1.29 is 14.3 Å². The zero-order valence-corrected chi connectivity index (χ0v) is 15.9. The number of benzene rings is 2. The van der Waals surface area contributed by atoms with E-state index in [0.29, 0.717) is 26.1 Å². The van der Waals surface area contributed by atoms with Crippen molar-refractivity contribution in [3.63, 3.8) is 0 Å². The van der Waals surface area contributed by atoms with Crippen molar-refractivity contribution in [2.24, 2.45) is 5.92 Å². The molecule has 1 fully saturated rings. The van der Waals surface area contributed by atoms with Crippen LogP contribution in [0.15, 0.2) is 54.6 Å². The number of likely N-dealkylation sites (N-methyl/N-ethyl adjacent to an activating group) is 1. The number of carbonyl (C=O) groups excluding carboxylic acids is 2. The quantitative estimate of drug-likeness (QED) is 0.757. The summed E-state index contributed by atoms with van der Waals surface area (Å²) >= 11 is 0. The molecule has 27 heavy (non-hydrogen) atoms. The zero-order chi connectivity index (χ0) is 19.2. The third-order valence-corrected chi connectivity index (χ3v) is 4.93. The van der Waals surface area contributed by atoms with Gasteiger partial charge in [-0.3, -0.25) is 9.59 Å². The van der Waals surface area contributed by atoms with Crippen LogP contribution in [0.25, 0.3) is 0 Å². The molecule has 1 aliphatic rings. The molecule has 2 aromatic carbocycles. The molecule has 1 saturated heterocycles. The van der Waals surface area contributed by atoms with Gasteiger partial charge in [0, 0.05) is 45.1 Å². The van der Waals surface area contributed by atoms with Crippen LogP contribution in [-0.2, 0) is 22.6 Å².